The maximum absolute atomic E-state index is 11.0. The Morgan fingerprint density at radius 1 is 0.900 bits per heavy atom. The van der Waals surface area contributed by atoms with Crippen LogP contribution in [0.3, 0.4) is 0 Å². The highest BCUT2D eigenvalue weighted by Gasteiger charge is 2.23. The van der Waals surface area contributed by atoms with Gasteiger partial charge in [0.05, 0.1) is 0 Å². The van der Waals surface area contributed by atoms with Crippen molar-refractivity contribution in [2.45, 2.75) is 96.3 Å². The molecule has 0 aromatic carbocycles. The van der Waals surface area contributed by atoms with Crippen LogP contribution < -0.4 is 5.32 Å². The lowest BCUT2D eigenvalue weighted by molar-refractivity contribution is -0.120. The van der Waals surface area contributed by atoms with Crippen LogP contribution in [-0.4, -0.2) is 21.0 Å². The molecule has 0 aliphatic carbocycles. The summed E-state index contributed by atoms with van der Waals surface area (Å²) in [5.41, 5.74) is 0.919. The quantitative estimate of drug-likeness (QED) is 0.381. The average Bonchev–Trinajstić information content (AvgIpc) is 2.40. The molecule has 0 aromatic rings. The van der Waals surface area contributed by atoms with Gasteiger partial charge in [-0.1, -0.05) is 83.5 Å². The molecule has 1 amide bonds. The van der Waals surface area contributed by atoms with Gasteiger partial charge in [-0.25, -0.2) is 0 Å². The maximum atomic E-state index is 11.0. The Kier molecular flexibility index (Phi) is 11.2. The summed E-state index contributed by atoms with van der Waals surface area (Å²) < 4.78 is 0. The van der Waals surface area contributed by atoms with E-state index in [4.69, 9.17) is 0 Å². The molecule has 0 bridgehead atoms. The average molecular weight is 300 g/mol. The normalized spacial score (nSPS) is 11.9. The SMILES string of the molecule is CNC(=O)CCCCCCCCCC[Si](C)(C)C(C)C. The van der Waals surface area contributed by atoms with Crippen molar-refractivity contribution >= 4 is 14.0 Å². The van der Waals surface area contributed by atoms with E-state index in [1.165, 1.54) is 51.0 Å². The lowest BCUT2D eigenvalue weighted by Gasteiger charge is -2.26. The van der Waals surface area contributed by atoms with E-state index in [2.05, 4.69) is 32.3 Å². The smallest absolute Gasteiger partial charge is 0.219 e. The lowest BCUT2D eigenvalue weighted by Crippen LogP contribution is -2.28. The number of carbonyl (C=O) groups is 1. The van der Waals surface area contributed by atoms with E-state index < -0.39 is 8.07 Å². The fourth-order valence-corrected chi connectivity index (χ4v) is 4.08. The second-order valence-electron chi connectivity index (χ2n) is 7.14. The van der Waals surface area contributed by atoms with Gasteiger partial charge in [0.2, 0.25) is 5.91 Å². The van der Waals surface area contributed by atoms with E-state index in [0.717, 1.165) is 12.0 Å². The molecule has 120 valence electrons. The van der Waals surface area contributed by atoms with E-state index in [1.54, 1.807) is 7.05 Å². The number of rotatable bonds is 12. The van der Waals surface area contributed by atoms with Gasteiger partial charge in [0, 0.05) is 21.5 Å². The van der Waals surface area contributed by atoms with E-state index in [-0.39, 0.29) is 5.91 Å². The lowest BCUT2D eigenvalue weighted by atomic mass is 10.1. The first-order valence-electron chi connectivity index (χ1n) is 8.60. The Hall–Kier alpha value is -0.313. The fraction of sp³-hybridized carbons (Fsp3) is 0.941. The van der Waals surface area contributed by atoms with Gasteiger partial charge in [0.15, 0.2) is 0 Å². The molecule has 20 heavy (non-hydrogen) atoms. The van der Waals surface area contributed by atoms with Crippen LogP contribution in [0.1, 0.15) is 71.6 Å². The van der Waals surface area contributed by atoms with Gasteiger partial charge in [-0.15, -0.1) is 0 Å². The molecule has 0 heterocycles. The van der Waals surface area contributed by atoms with Crippen molar-refractivity contribution in [1.82, 2.24) is 5.32 Å². The minimum Gasteiger partial charge on any atom is -0.359 e. The third kappa shape index (κ3) is 10.5. The number of amides is 1. The largest absolute Gasteiger partial charge is 0.359 e. The zero-order valence-electron chi connectivity index (χ0n) is 14.6. The summed E-state index contributed by atoms with van der Waals surface area (Å²) in [4.78, 5) is 11.0. The molecule has 0 aliphatic heterocycles. The molecule has 0 aliphatic rings. The van der Waals surface area contributed by atoms with E-state index in [1.807, 2.05) is 0 Å². The van der Waals surface area contributed by atoms with Crippen molar-refractivity contribution in [3.63, 3.8) is 0 Å². The number of unbranched alkanes of at least 4 members (excludes halogenated alkanes) is 7. The second kappa shape index (κ2) is 11.4. The molecule has 0 radical (unpaired) electrons. The molecular formula is C17H37NOSi. The van der Waals surface area contributed by atoms with Crippen molar-refractivity contribution in [2.24, 2.45) is 0 Å². The predicted molar refractivity (Wildman–Crippen MR) is 93.0 cm³/mol. The fourth-order valence-electron chi connectivity index (χ4n) is 2.34. The van der Waals surface area contributed by atoms with Crippen LogP contribution >= 0.6 is 0 Å². The maximum Gasteiger partial charge on any atom is 0.219 e. The van der Waals surface area contributed by atoms with Crippen LogP contribution in [0.15, 0.2) is 0 Å². The molecule has 0 saturated carbocycles. The molecule has 2 nitrogen and oxygen atoms in total. The molecular weight excluding hydrogens is 262 g/mol. The van der Waals surface area contributed by atoms with Crippen LogP contribution in [0.5, 0.6) is 0 Å². The standard InChI is InChI=1S/C17H37NOSi/c1-16(2)20(4,5)15-13-11-9-7-6-8-10-12-14-17(19)18-3/h16H,6-15H2,1-5H3,(H,18,19). The summed E-state index contributed by atoms with van der Waals surface area (Å²) in [5, 5.41) is 2.67. The van der Waals surface area contributed by atoms with Gasteiger partial charge in [-0.2, -0.15) is 0 Å². The molecule has 0 spiro atoms. The summed E-state index contributed by atoms with van der Waals surface area (Å²) in [6, 6.07) is 1.50. The number of hydrogen-bond donors (Lipinski definition) is 1. The third-order valence-corrected chi connectivity index (χ3v) is 9.58. The zero-order chi connectivity index (χ0) is 15.4. The Bertz CT molecular complexity index is 251. The Labute approximate surface area is 128 Å². The van der Waals surface area contributed by atoms with E-state index in [0.29, 0.717) is 6.42 Å². The summed E-state index contributed by atoms with van der Waals surface area (Å²) >= 11 is 0. The zero-order valence-corrected chi connectivity index (χ0v) is 15.6. The number of carbonyl (C=O) groups excluding carboxylic acids is 1. The molecule has 1 N–H and O–H groups in total. The van der Waals surface area contributed by atoms with Gasteiger partial charge < -0.3 is 5.32 Å². The Morgan fingerprint density at radius 2 is 1.35 bits per heavy atom. The van der Waals surface area contributed by atoms with Crippen LogP contribution in [-0.2, 0) is 4.79 Å². The van der Waals surface area contributed by atoms with Crippen LogP contribution in [0.4, 0.5) is 0 Å². The summed E-state index contributed by atoms with van der Waals surface area (Å²) in [7, 11) is 0.795. The number of hydrogen-bond acceptors (Lipinski definition) is 1. The highest BCUT2D eigenvalue weighted by Crippen LogP contribution is 2.27. The van der Waals surface area contributed by atoms with Gasteiger partial charge >= 0.3 is 0 Å². The number of nitrogens with one attached hydrogen (secondary N) is 1. The predicted octanol–water partition coefficient (Wildman–Crippen LogP) is 5.36. The summed E-state index contributed by atoms with van der Waals surface area (Å²) in [6.45, 7) is 9.85. The molecule has 0 saturated heterocycles. The van der Waals surface area contributed by atoms with Crippen molar-refractivity contribution in [2.75, 3.05) is 7.05 Å². The first-order chi connectivity index (χ1) is 9.40. The molecule has 0 atom stereocenters. The van der Waals surface area contributed by atoms with Gasteiger partial charge in [0.25, 0.3) is 0 Å². The first-order valence-corrected chi connectivity index (χ1v) is 11.9. The minimum absolute atomic E-state index is 0.182. The van der Waals surface area contributed by atoms with Crippen LogP contribution in [0.25, 0.3) is 0 Å². The Balaban J connectivity index is 3.27. The second-order valence-corrected chi connectivity index (χ2v) is 12.8. The monoisotopic (exact) mass is 299 g/mol. The van der Waals surface area contributed by atoms with Crippen molar-refractivity contribution in [3.05, 3.63) is 0 Å². The Morgan fingerprint density at radius 3 is 1.80 bits per heavy atom. The van der Waals surface area contributed by atoms with Crippen molar-refractivity contribution in [3.8, 4) is 0 Å². The molecule has 0 unspecified atom stereocenters. The minimum atomic E-state index is -0.919. The van der Waals surface area contributed by atoms with Crippen molar-refractivity contribution < 1.29 is 4.79 Å². The third-order valence-electron chi connectivity index (χ3n) is 4.82. The molecule has 0 rings (SSSR count). The summed E-state index contributed by atoms with van der Waals surface area (Å²) in [6.07, 6.45) is 11.2. The van der Waals surface area contributed by atoms with Gasteiger partial charge in [-0.3, -0.25) is 4.79 Å². The molecule has 0 fully saturated rings. The molecule has 0 aromatic heterocycles. The summed E-state index contributed by atoms with van der Waals surface area (Å²) in [5.74, 6) is 0.182. The van der Waals surface area contributed by atoms with Gasteiger partial charge in [0.1, 0.15) is 0 Å². The van der Waals surface area contributed by atoms with Gasteiger partial charge in [-0.05, 0) is 6.42 Å². The first kappa shape index (κ1) is 19.7. The van der Waals surface area contributed by atoms with Crippen LogP contribution in [0, 0.1) is 0 Å². The molecule has 3 heteroatoms. The van der Waals surface area contributed by atoms with E-state index >= 15 is 0 Å². The van der Waals surface area contributed by atoms with E-state index in [9.17, 15) is 4.79 Å². The topological polar surface area (TPSA) is 29.1 Å². The van der Waals surface area contributed by atoms with Crippen LogP contribution in [0.2, 0.25) is 24.7 Å². The highest BCUT2D eigenvalue weighted by atomic mass is 28.3. The highest BCUT2D eigenvalue weighted by molar-refractivity contribution is 6.78. The van der Waals surface area contributed by atoms with Crippen molar-refractivity contribution in [1.29, 1.82) is 0 Å².